The molecule has 0 radical (unpaired) electrons. The van der Waals surface area contributed by atoms with Crippen molar-refractivity contribution in [1.29, 1.82) is 0 Å². The molecule has 2 aliphatic rings. The number of rotatable bonds is 1. The number of Topliss-reactive ketones (excluding diaryl/α,β-unsaturated/α-hetero) is 1. The van der Waals surface area contributed by atoms with Gasteiger partial charge < -0.3 is 5.32 Å². The van der Waals surface area contributed by atoms with Gasteiger partial charge in [-0.15, -0.1) is 0 Å². The number of benzene rings is 2. The molecule has 2 N–H and O–H groups in total. The van der Waals surface area contributed by atoms with Gasteiger partial charge in [-0.1, -0.05) is 54.1 Å². The van der Waals surface area contributed by atoms with Gasteiger partial charge in [0.1, 0.15) is 5.82 Å². The summed E-state index contributed by atoms with van der Waals surface area (Å²) in [5.41, 5.74) is 2.26. The van der Waals surface area contributed by atoms with E-state index in [2.05, 4.69) is 10.3 Å². The van der Waals surface area contributed by atoms with Gasteiger partial charge in [-0.3, -0.25) is 19.1 Å². The van der Waals surface area contributed by atoms with E-state index in [1.54, 1.807) is 37.4 Å². The van der Waals surface area contributed by atoms with E-state index in [0.717, 1.165) is 5.56 Å². The maximum Gasteiger partial charge on any atom is 0.329 e. The first kappa shape index (κ1) is 16.8. The summed E-state index contributed by atoms with van der Waals surface area (Å²) >= 11 is 6.46. The smallest absolute Gasteiger partial charge is 0.329 e. The molecule has 138 valence electrons. The Labute approximate surface area is 164 Å². The van der Waals surface area contributed by atoms with Crippen molar-refractivity contribution in [2.45, 2.75) is 5.92 Å². The molecule has 0 bridgehead atoms. The second-order valence-corrected chi connectivity index (χ2v) is 7.23. The van der Waals surface area contributed by atoms with Gasteiger partial charge in [0.25, 0.3) is 5.56 Å². The van der Waals surface area contributed by atoms with E-state index in [-0.39, 0.29) is 5.78 Å². The van der Waals surface area contributed by atoms with Crippen LogP contribution in [0.15, 0.2) is 63.7 Å². The van der Waals surface area contributed by atoms with Crippen LogP contribution >= 0.6 is 11.6 Å². The topological polar surface area (TPSA) is 84.0 Å². The second-order valence-electron chi connectivity index (χ2n) is 6.82. The van der Waals surface area contributed by atoms with E-state index < -0.39 is 17.2 Å². The van der Waals surface area contributed by atoms with Crippen molar-refractivity contribution in [3.63, 3.8) is 0 Å². The van der Waals surface area contributed by atoms with Gasteiger partial charge in [0.15, 0.2) is 5.78 Å². The molecule has 7 heteroatoms. The van der Waals surface area contributed by atoms with Gasteiger partial charge in [0.2, 0.25) is 0 Å². The molecule has 28 heavy (non-hydrogen) atoms. The van der Waals surface area contributed by atoms with Crippen molar-refractivity contribution in [2.75, 3.05) is 5.32 Å². The third-order valence-corrected chi connectivity index (χ3v) is 5.70. The lowest BCUT2D eigenvalue weighted by Gasteiger charge is -2.29. The number of nitrogens with zero attached hydrogens (tertiary/aromatic N) is 1. The number of aromatic amines is 1. The van der Waals surface area contributed by atoms with Crippen LogP contribution in [0.25, 0.3) is 5.70 Å². The number of allylic oxidation sites excluding steroid dienone is 1. The summed E-state index contributed by atoms with van der Waals surface area (Å²) in [5, 5.41) is 3.62. The first-order valence-corrected chi connectivity index (χ1v) is 9.09. The maximum absolute atomic E-state index is 13.3. The van der Waals surface area contributed by atoms with Gasteiger partial charge in [-0.2, -0.15) is 0 Å². The number of aromatic nitrogens is 2. The van der Waals surface area contributed by atoms with Crippen molar-refractivity contribution in [2.24, 2.45) is 7.05 Å². The number of anilines is 1. The van der Waals surface area contributed by atoms with Crippen LogP contribution in [0.5, 0.6) is 0 Å². The molecule has 1 unspecified atom stereocenters. The lowest BCUT2D eigenvalue weighted by Crippen LogP contribution is -2.37. The molecular weight excluding hydrogens is 378 g/mol. The van der Waals surface area contributed by atoms with Crippen molar-refractivity contribution >= 4 is 28.9 Å². The highest BCUT2D eigenvalue weighted by molar-refractivity contribution is 6.32. The normalized spacial score (nSPS) is 17.1. The fourth-order valence-corrected chi connectivity index (χ4v) is 4.30. The third-order valence-electron chi connectivity index (χ3n) is 5.35. The minimum Gasteiger partial charge on any atom is -0.340 e. The Morgan fingerprint density at radius 1 is 0.964 bits per heavy atom. The summed E-state index contributed by atoms with van der Waals surface area (Å²) in [7, 11) is 1.57. The fourth-order valence-electron chi connectivity index (χ4n) is 4.05. The van der Waals surface area contributed by atoms with Crippen molar-refractivity contribution in [3.8, 4) is 0 Å². The molecule has 0 saturated heterocycles. The van der Waals surface area contributed by atoms with Gasteiger partial charge in [-0.05, 0) is 11.6 Å². The number of carbonyl (C=O) groups is 1. The third kappa shape index (κ3) is 2.12. The number of halogens is 1. The molecule has 0 spiro atoms. The molecule has 1 aliphatic carbocycles. The zero-order valence-corrected chi connectivity index (χ0v) is 15.5. The summed E-state index contributed by atoms with van der Waals surface area (Å²) in [6, 6.07) is 14.4. The Balaban J connectivity index is 1.90. The van der Waals surface area contributed by atoms with Gasteiger partial charge >= 0.3 is 5.69 Å². The van der Waals surface area contributed by atoms with Crippen LogP contribution in [-0.2, 0) is 7.05 Å². The fraction of sp³-hybridized carbons (Fsp3) is 0.0952. The van der Waals surface area contributed by atoms with Crippen molar-refractivity contribution in [3.05, 3.63) is 102 Å². The number of hydrogen-bond donors (Lipinski definition) is 2. The van der Waals surface area contributed by atoms with E-state index in [0.29, 0.717) is 38.8 Å². The average Bonchev–Trinajstić information content (AvgIpc) is 2.98. The highest BCUT2D eigenvalue weighted by Crippen LogP contribution is 2.48. The number of H-pyrrole nitrogens is 1. The van der Waals surface area contributed by atoms with E-state index >= 15 is 0 Å². The molecule has 2 heterocycles. The predicted molar refractivity (Wildman–Crippen MR) is 107 cm³/mol. The Morgan fingerprint density at radius 2 is 1.64 bits per heavy atom. The number of ketones is 1. The van der Waals surface area contributed by atoms with Crippen molar-refractivity contribution < 1.29 is 4.79 Å². The predicted octanol–water partition coefficient (Wildman–Crippen LogP) is 2.89. The van der Waals surface area contributed by atoms with E-state index in [1.807, 2.05) is 18.2 Å². The second kappa shape index (κ2) is 5.81. The van der Waals surface area contributed by atoms with E-state index in [1.165, 1.54) is 4.57 Å². The monoisotopic (exact) mass is 391 g/mol. The van der Waals surface area contributed by atoms with Crippen LogP contribution in [0.3, 0.4) is 0 Å². The van der Waals surface area contributed by atoms with Crippen LogP contribution in [-0.4, -0.2) is 15.3 Å². The minimum atomic E-state index is -0.685. The molecule has 5 rings (SSSR count). The Bertz CT molecular complexity index is 1330. The molecule has 2 aromatic carbocycles. The van der Waals surface area contributed by atoms with Gasteiger partial charge in [0.05, 0.1) is 17.2 Å². The van der Waals surface area contributed by atoms with E-state index in [9.17, 15) is 14.4 Å². The Hall–Kier alpha value is -3.38. The molecule has 1 aromatic heterocycles. The number of nitrogens with one attached hydrogen (secondary N) is 2. The van der Waals surface area contributed by atoms with Gasteiger partial charge in [-0.25, -0.2) is 4.79 Å². The molecule has 1 aliphatic heterocycles. The molecule has 0 saturated carbocycles. The summed E-state index contributed by atoms with van der Waals surface area (Å²) in [6.07, 6.45) is 0. The molecule has 1 atom stereocenters. The molecule has 0 amide bonds. The summed E-state index contributed by atoms with van der Waals surface area (Å²) < 4.78 is 1.34. The Morgan fingerprint density at radius 3 is 2.39 bits per heavy atom. The van der Waals surface area contributed by atoms with Crippen LogP contribution in [0, 0.1) is 0 Å². The zero-order valence-electron chi connectivity index (χ0n) is 14.7. The molecular formula is C21H14ClN3O3. The highest BCUT2D eigenvalue weighted by Gasteiger charge is 2.42. The Kier molecular flexibility index (Phi) is 3.48. The molecule has 6 nitrogen and oxygen atoms in total. The van der Waals surface area contributed by atoms with E-state index in [4.69, 9.17) is 11.6 Å². The largest absolute Gasteiger partial charge is 0.340 e. The molecule has 0 fully saturated rings. The van der Waals surface area contributed by atoms with Crippen LogP contribution in [0.4, 0.5) is 5.82 Å². The quantitative estimate of drug-likeness (QED) is 0.668. The summed E-state index contributed by atoms with van der Waals surface area (Å²) in [5.74, 6) is -0.473. The lowest BCUT2D eigenvalue weighted by molar-refractivity contribution is 0.103. The zero-order chi connectivity index (χ0) is 19.6. The SMILES string of the molecule is Cn1c2c(c(=O)[nH]c1=O)C(c1ccccc1Cl)C1=C(N2)c2ccccc2C1=O. The molecule has 3 aromatic rings. The van der Waals surface area contributed by atoms with Crippen molar-refractivity contribution in [1.82, 2.24) is 9.55 Å². The average molecular weight is 392 g/mol. The minimum absolute atomic E-state index is 0.151. The first-order chi connectivity index (χ1) is 13.5. The highest BCUT2D eigenvalue weighted by atomic mass is 35.5. The summed E-state index contributed by atoms with van der Waals surface area (Å²) in [4.78, 5) is 40.6. The lowest BCUT2D eigenvalue weighted by atomic mass is 9.81. The van der Waals surface area contributed by atoms with Crippen LogP contribution < -0.4 is 16.6 Å². The van der Waals surface area contributed by atoms with Crippen LogP contribution in [0.1, 0.15) is 33.0 Å². The first-order valence-electron chi connectivity index (χ1n) is 8.72. The van der Waals surface area contributed by atoms with Gasteiger partial charge in [0, 0.05) is 28.8 Å². The van der Waals surface area contributed by atoms with Crippen LogP contribution in [0.2, 0.25) is 5.02 Å². The maximum atomic E-state index is 13.3. The number of hydrogen-bond acceptors (Lipinski definition) is 4. The summed E-state index contributed by atoms with van der Waals surface area (Å²) in [6.45, 7) is 0. The number of carbonyl (C=O) groups excluding carboxylic acids is 1. The standard InChI is InChI=1S/C21H14ClN3O3/c1-25-19-16(20(27)24-21(25)28)14(12-8-4-5-9-13(12)22)15-17(23-19)10-6-2-3-7-11(10)18(15)26/h2-9,14,23H,1H3,(H,24,27,28). The number of fused-ring (bicyclic) bond motifs is 3.